The van der Waals surface area contributed by atoms with E-state index in [-0.39, 0.29) is 5.91 Å². The zero-order chi connectivity index (χ0) is 15.9. The van der Waals surface area contributed by atoms with E-state index in [0.29, 0.717) is 11.6 Å². The van der Waals surface area contributed by atoms with E-state index in [0.717, 1.165) is 11.4 Å². The number of carbonyl (C=O) groups is 1. The molecule has 116 valence electrons. The number of hydrogen-bond acceptors (Lipinski definition) is 5. The molecule has 1 aromatic heterocycles. The molecule has 2 aromatic rings. The largest absolute Gasteiger partial charge is 0.497 e. The van der Waals surface area contributed by atoms with Gasteiger partial charge in [-0.2, -0.15) is 0 Å². The van der Waals surface area contributed by atoms with Gasteiger partial charge in [0.2, 0.25) is 11.8 Å². The van der Waals surface area contributed by atoms with E-state index < -0.39 is 6.04 Å². The molecule has 2 N–H and O–H groups in total. The van der Waals surface area contributed by atoms with Gasteiger partial charge in [0.15, 0.2) is 0 Å². The van der Waals surface area contributed by atoms with E-state index in [1.54, 1.807) is 57.7 Å². The fourth-order valence-electron chi connectivity index (χ4n) is 1.83. The van der Waals surface area contributed by atoms with Crippen LogP contribution in [0.2, 0.25) is 0 Å². The van der Waals surface area contributed by atoms with Crippen molar-refractivity contribution in [1.29, 1.82) is 0 Å². The summed E-state index contributed by atoms with van der Waals surface area (Å²) in [6.45, 7) is 1.78. The highest BCUT2D eigenvalue weighted by atomic mass is 16.5. The summed E-state index contributed by atoms with van der Waals surface area (Å²) in [4.78, 5) is 16.2. The van der Waals surface area contributed by atoms with E-state index in [1.807, 2.05) is 6.07 Å². The third-order valence-corrected chi connectivity index (χ3v) is 3.08. The molecule has 0 fully saturated rings. The highest BCUT2D eigenvalue weighted by Gasteiger charge is 2.13. The molecule has 1 amide bonds. The van der Waals surface area contributed by atoms with Crippen LogP contribution in [-0.2, 0) is 4.79 Å². The lowest BCUT2D eigenvalue weighted by atomic mass is 10.2. The van der Waals surface area contributed by atoms with Crippen molar-refractivity contribution >= 4 is 17.3 Å². The van der Waals surface area contributed by atoms with Crippen LogP contribution in [0.1, 0.15) is 6.92 Å². The Morgan fingerprint density at radius 1 is 1.05 bits per heavy atom. The summed E-state index contributed by atoms with van der Waals surface area (Å²) in [7, 11) is 3.16. The number of rotatable bonds is 6. The molecule has 2 rings (SSSR count). The number of aromatic nitrogens is 1. The Kier molecular flexibility index (Phi) is 5.19. The zero-order valence-corrected chi connectivity index (χ0v) is 12.8. The molecular weight excluding hydrogens is 282 g/mol. The van der Waals surface area contributed by atoms with Crippen LogP contribution in [0.15, 0.2) is 42.6 Å². The van der Waals surface area contributed by atoms with Gasteiger partial charge in [-0.05, 0) is 37.3 Å². The van der Waals surface area contributed by atoms with Crippen molar-refractivity contribution in [2.75, 3.05) is 24.9 Å². The number of nitrogens with one attached hydrogen (secondary N) is 2. The number of ether oxygens (including phenoxy) is 2. The summed E-state index contributed by atoms with van der Waals surface area (Å²) in [5.41, 5.74) is 1.46. The quantitative estimate of drug-likeness (QED) is 0.858. The van der Waals surface area contributed by atoms with E-state index in [4.69, 9.17) is 9.47 Å². The van der Waals surface area contributed by atoms with Crippen LogP contribution in [0.25, 0.3) is 0 Å². The van der Waals surface area contributed by atoms with Gasteiger partial charge in [-0.3, -0.25) is 4.79 Å². The molecule has 0 aliphatic carbocycles. The van der Waals surface area contributed by atoms with E-state index in [1.165, 1.54) is 0 Å². The summed E-state index contributed by atoms with van der Waals surface area (Å²) in [6.07, 6.45) is 1.62. The standard InChI is InChI=1S/C16H19N3O3/c1-11(18-13-6-9-15(22-3)17-10-13)16(20)19-12-4-7-14(21-2)8-5-12/h4-11,18H,1-3H3,(H,19,20). The highest BCUT2D eigenvalue weighted by molar-refractivity contribution is 5.96. The van der Waals surface area contributed by atoms with Crippen molar-refractivity contribution in [3.8, 4) is 11.6 Å². The average Bonchev–Trinajstić information content (AvgIpc) is 2.56. The van der Waals surface area contributed by atoms with Gasteiger partial charge in [0.1, 0.15) is 11.8 Å². The molecule has 0 bridgehead atoms. The Balaban J connectivity index is 1.92. The Bertz CT molecular complexity index is 612. The van der Waals surface area contributed by atoms with E-state index in [2.05, 4.69) is 15.6 Å². The molecule has 1 heterocycles. The number of nitrogens with zero attached hydrogens (tertiary/aromatic N) is 1. The summed E-state index contributed by atoms with van der Waals surface area (Å²) in [5, 5.41) is 5.91. The maximum absolute atomic E-state index is 12.1. The summed E-state index contributed by atoms with van der Waals surface area (Å²) in [6, 6.07) is 10.3. The molecule has 0 spiro atoms. The summed E-state index contributed by atoms with van der Waals surface area (Å²) < 4.78 is 10.1. The molecule has 6 nitrogen and oxygen atoms in total. The molecule has 0 aliphatic heterocycles. The second kappa shape index (κ2) is 7.31. The first-order valence-electron chi connectivity index (χ1n) is 6.84. The van der Waals surface area contributed by atoms with Gasteiger partial charge in [0.25, 0.3) is 0 Å². The minimum atomic E-state index is -0.405. The monoisotopic (exact) mass is 301 g/mol. The number of amides is 1. The number of hydrogen-bond donors (Lipinski definition) is 2. The molecule has 6 heteroatoms. The van der Waals surface area contributed by atoms with Crippen molar-refractivity contribution in [2.45, 2.75) is 13.0 Å². The lowest BCUT2D eigenvalue weighted by molar-refractivity contribution is -0.116. The average molecular weight is 301 g/mol. The molecule has 0 saturated carbocycles. The first-order chi connectivity index (χ1) is 10.6. The second-order valence-electron chi connectivity index (χ2n) is 4.67. The number of pyridine rings is 1. The normalized spacial score (nSPS) is 11.4. The van der Waals surface area contributed by atoms with Crippen LogP contribution in [0.3, 0.4) is 0 Å². The molecule has 1 aromatic carbocycles. The predicted molar refractivity (Wildman–Crippen MR) is 85.5 cm³/mol. The van der Waals surface area contributed by atoms with Gasteiger partial charge >= 0.3 is 0 Å². The fraction of sp³-hybridized carbons (Fsp3) is 0.250. The van der Waals surface area contributed by atoms with E-state index >= 15 is 0 Å². The van der Waals surface area contributed by atoms with Crippen LogP contribution < -0.4 is 20.1 Å². The van der Waals surface area contributed by atoms with Gasteiger partial charge in [-0.1, -0.05) is 0 Å². The second-order valence-corrected chi connectivity index (χ2v) is 4.67. The van der Waals surface area contributed by atoms with Crippen molar-refractivity contribution < 1.29 is 14.3 Å². The van der Waals surface area contributed by atoms with Crippen LogP contribution in [-0.4, -0.2) is 31.2 Å². The summed E-state index contributed by atoms with van der Waals surface area (Å²) in [5.74, 6) is 1.13. The predicted octanol–water partition coefficient (Wildman–Crippen LogP) is 2.54. The highest BCUT2D eigenvalue weighted by Crippen LogP contribution is 2.16. The molecule has 0 saturated heterocycles. The minimum Gasteiger partial charge on any atom is -0.497 e. The van der Waals surface area contributed by atoms with Gasteiger partial charge in [0.05, 0.1) is 26.1 Å². The van der Waals surface area contributed by atoms with Crippen molar-refractivity contribution in [3.05, 3.63) is 42.6 Å². The Labute approximate surface area is 129 Å². The molecule has 1 atom stereocenters. The maximum atomic E-state index is 12.1. The smallest absolute Gasteiger partial charge is 0.246 e. The van der Waals surface area contributed by atoms with Crippen LogP contribution in [0, 0.1) is 0 Å². The lowest BCUT2D eigenvalue weighted by Crippen LogP contribution is -2.31. The SMILES string of the molecule is COc1ccc(NC(=O)C(C)Nc2ccc(OC)nc2)cc1. The minimum absolute atomic E-state index is 0.138. The Morgan fingerprint density at radius 2 is 1.73 bits per heavy atom. The van der Waals surface area contributed by atoms with Gasteiger partial charge in [-0.15, -0.1) is 0 Å². The van der Waals surface area contributed by atoms with Crippen LogP contribution in [0.4, 0.5) is 11.4 Å². The topological polar surface area (TPSA) is 72.5 Å². The number of benzene rings is 1. The van der Waals surface area contributed by atoms with Crippen molar-refractivity contribution in [1.82, 2.24) is 4.98 Å². The first-order valence-corrected chi connectivity index (χ1v) is 6.84. The van der Waals surface area contributed by atoms with Gasteiger partial charge < -0.3 is 20.1 Å². The fourth-order valence-corrected chi connectivity index (χ4v) is 1.83. The first kappa shape index (κ1) is 15.6. The lowest BCUT2D eigenvalue weighted by Gasteiger charge is -2.15. The third kappa shape index (κ3) is 4.12. The van der Waals surface area contributed by atoms with Gasteiger partial charge in [-0.25, -0.2) is 4.98 Å². The number of carbonyl (C=O) groups excluding carboxylic acids is 1. The van der Waals surface area contributed by atoms with Crippen molar-refractivity contribution in [2.24, 2.45) is 0 Å². The Morgan fingerprint density at radius 3 is 2.27 bits per heavy atom. The Hall–Kier alpha value is -2.76. The number of anilines is 2. The molecular formula is C16H19N3O3. The maximum Gasteiger partial charge on any atom is 0.246 e. The third-order valence-electron chi connectivity index (χ3n) is 3.08. The molecule has 0 aliphatic rings. The molecule has 0 radical (unpaired) electrons. The number of methoxy groups -OCH3 is 2. The molecule has 22 heavy (non-hydrogen) atoms. The van der Waals surface area contributed by atoms with Crippen LogP contribution in [0.5, 0.6) is 11.6 Å². The summed E-state index contributed by atoms with van der Waals surface area (Å²) >= 11 is 0. The van der Waals surface area contributed by atoms with Gasteiger partial charge in [0, 0.05) is 11.8 Å². The molecule has 1 unspecified atom stereocenters. The zero-order valence-electron chi connectivity index (χ0n) is 12.8. The van der Waals surface area contributed by atoms with E-state index in [9.17, 15) is 4.79 Å². The van der Waals surface area contributed by atoms with Crippen LogP contribution >= 0.6 is 0 Å². The van der Waals surface area contributed by atoms with Crippen molar-refractivity contribution in [3.63, 3.8) is 0 Å².